The summed E-state index contributed by atoms with van der Waals surface area (Å²) >= 11 is 5.85. The van der Waals surface area contributed by atoms with Gasteiger partial charge in [0, 0.05) is 31.2 Å². The number of phenolic OH excluding ortho intramolecular Hbond substituents is 1. The molecule has 0 spiro atoms. The lowest BCUT2D eigenvalue weighted by atomic mass is 9.99. The number of amides is 1. The van der Waals surface area contributed by atoms with Crippen LogP contribution in [0.4, 0.5) is 0 Å². The molecule has 2 aromatic rings. The van der Waals surface area contributed by atoms with E-state index < -0.39 is 0 Å². The van der Waals surface area contributed by atoms with E-state index in [0.717, 1.165) is 19.5 Å². The van der Waals surface area contributed by atoms with Crippen LogP contribution in [0.1, 0.15) is 28.4 Å². The Balaban J connectivity index is 1.57. The molecule has 24 heavy (non-hydrogen) atoms. The maximum atomic E-state index is 12.2. The zero-order chi connectivity index (χ0) is 17.1. The van der Waals surface area contributed by atoms with Gasteiger partial charge < -0.3 is 10.4 Å². The van der Waals surface area contributed by atoms with Crippen molar-refractivity contribution in [1.29, 1.82) is 0 Å². The summed E-state index contributed by atoms with van der Waals surface area (Å²) in [6.07, 6.45) is 1.04. The van der Waals surface area contributed by atoms with Gasteiger partial charge in [-0.2, -0.15) is 0 Å². The number of nitrogens with one attached hydrogen (secondary N) is 1. The van der Waals surface area contributed by atoms with Gasteiger partial charge in [-0.1, -0.05) is 35.9 Å². The molecule has 0 aliphatic carbocycles. The van der Waals surface area contributed by atoms with Crippen LogP contribution in [0.3, 0.4) is 0 Å². The number of fused-ring (bicyclic) bond motifs is 1. The summed E-state index contributed by atoms with van der Waals surface area (Å²) in [5.74, 6) is -0.199. The van der Waals surface area contributed by atoms with E-state index in [1.165, 1.54) is 23.3 Å². The fourth-order valence-corrected chi connectivity index (χ4v) is 3.19. The zero-order valence-electron chi connectivity index (χ0n) is 13.6. The van der Waals surface area contributed by atoms with Crippen LogP contribution in [0.2, 0.25) is 5.02 Å². The SMILES string of the molecule is C[C@@H](CNC(=O)c1ccc(O)c(Cl)c1)N1CCc2ccccc2C1. The normalized spacial score (nSPS) is 15.6. The molecule has 1 heterocycles. The van der Waals surface area contributed by atoms with Crippen LogP contribution in [-0.2, 0) is 13.0 Å². The first-order chi connectivity index (χ1) is 11.5. The summed E-state index contributed by atoms with van der Waals surface area (Å²) < 4.78 is 0. The first-order valence-corrected chi connectivity index (χ1v) is 8.50. The van der Waals surface area contributed by atoms with E-state index in [0.29, 0.717) is 12.1 Å². The Morgan fingerprint density at radius 2 is 2.04 bits per heavy atom. The minimum atomic E-state index is -0.179. The number of aromatic hydroxyl groups is 1. The Kier molecular flexibility index (Phi) is 5.07. The largest absolute Gasteiger partial charge is 0.506 e. The molecule has 0 radical (unpaired) electrons. The average Bonchev–Trinajstić information content (AvgIpc) is 2.61. The lowest BCUT2D eigenvalue weighted by Crippen LogP contribution is -2.44. The summed E-state index contributed by atoms with van der Waals surface area (Å²) in [6, 6.07) is 13.2. The molecule has 0 bridgehead atoms. The summed E-state index contributed by atoms with van der Waals surface area (Å²) in [6.45, 7) is 4.61. The highest BCUT2D eigenvalue weighted by Crippen LogP contribution is 2.23. The number of carbonyl (C=O) groups excluding carboxylic acids is 1. The smallest absolute Gasteiger partial charge is 0.251 e. The Hall–Kier alpha value is -2.04. The molecule has 0 fully saturated rings. The van der Waals surface area contributed by atoms with Gasteiger partial charge in [0.2, 0.25) is 0 Å². The summed E-state index contributed by atoms with van der Waals surface area (Å²) in [7, 11) is 0. The number of halogens is 1. The molecule has 0 aromatic heterocycles. The molecule has 1 aliphatic heterocycles. The van der Waals surface area contributed by atoms with Crippen LogP contribution in [-0.4, -0.2) is 35.0 Å². The van der Waals surface area contributed by atoms with E-state index in [2.05, 4.69) is 41.4 Å². The quantitative estimate of drug-likeness (QED) is 0.895. The molecule has 2 aromatic carbocycles. The van der Waals surface area contributed by atoms with Crippen molar-refractivity contribution in [3.05, 3.63) is 64.2 Å². The average molecular weight is 345 g/mol. The number of rotatable bonds is 4. The molecule has 3 rings (SSSR count). The van der Waals surface area contributed by atoms with Crippen molar-refractivity contribution in [3.8, 4) is 5.75 Å². The van der Waals surface area contributed by atoms with Gasteiger partial charge in [-0.25, -0.2) is 0 Å². The van der Waals surface area contributed by atoms with Gasteiger partial charge in [-0.05, 0) is 42.7 Å². The molecule has 126 valence electrons. The summed E-state index contributed by atoms with van der Waals surface area (Å²) in [4.78, 5) is 14.6. The molecule has 0 unspecified atom stereocenters. The van der Waals surface area contributed by atoms with Crippen LogP contribution in [0.15, 0.2) is 42.5 Å². The molecule has 5 heteroatoms. The Morgan fingerprint density at radius 1 is 1.29 bits per heavy atom. The Morgan fingerprint density at radius 3 is 2.79 bits per heavy atom. The summed E-state index contributed by atoms with van der Waals surface area (Å²) in [5.41, 5.74) is 3.24. The minimum Gasteiger partial charge on any atom is -0.506 e. The second kappa shape index (κ2) is 7.24. The maximum absolute atomic E-state index is 12.2. The van der Waals surface area contributed by atoms with Gasteiger partial charge in [-0.15, -0.1) is 0 Å². The van der Waals surface area contributed by atoms with Crippen molar-refractivity contribution in [3.63, 3.8) is 0 Å². The molecule has 0 saturated carbocycles. The molecule has 0 saturated heterocycles. The van der Waals surface area contributed by atoms with E-state index in [1.54, 1.807) is 6.07 Å². The predicted octanol–water partition coefficient (Wildman–Crippen LogP) is 3.22. The monoisotopic (exact) mass is 344 g/mol. The topological polar surface area (TPSA) is 52.6 Å². The first-order valence-electron chi connectivity index (χ1n) is 8.12. The number of phenols is 1. The third-order valence-electron chi connectivity index (χ3n) is 4.55. The van der Waals surface area contributed by atoms with Crippen LogP contribution < -0.4 is 5.32 Å². The van der Waals surface area contributed by atoms with E-state index >= 15 is 0 Å². The van der Waals surface area contributed by atoms with Crippen molar-refractivity contribution in [2.45, 2.75) is 25.9 Å². The van der Waals surface area contributed by atoms with Crippen molar-refractivity contribution >= 4 is 17.5 Å². The summed E-state index contributed by atoms with van der Waals surface area (Å²) in [5, 5.41) is 12.6. The fraction of sp³-hybridized carbons (Fsp3) is 0.316. The molecule has 4 nitrogen and oxygen atoms in total. The van der Waals surface area contributed by atoms with Gasteiger partial charge in [-0.3, -0.25) is 9.69 Å². The van der Waals surface area contributed by atoms with Gasteiger partial charge in [0.05, 0.1) is 5.02 Å². The molecular weight excluding hydrogens is 324 g/mol. The standard InChI is InChI=1S/C19H21ClN2O2/c1-13(22-9-8-14-4-2-3-5-16(14)12-22)11-21-19(24)15-6-7-18(23)17(20)10-15/h2-7,10,13,23H,8-9,11-12H2,1H3,(H,21,24)/t13-/m0/s1. The van der Waals surface area contributed by atoms with Crippen LogP contribution in [0.25, 0.3) is 0 Å². The molecular formula is C19H21ClN2O2. The van der Waals surface area contributed by atoms with Crippen LogP contribution in [0.5, 0.6) is 5.75 Å². The van der Waals surface area contributed by atoms with Crippen molar-refractivity contribution in [2.24, 2.45) is 0 Å². The van der Waals surface area contributed by atoms with E-state index in [9.17, 15) is 9.90 Å². The number of hydrogen-bond acceptors (Lipinski definition) is 3. The highest BCUT2D eigenvalue weighted by Gasteiger charge is 2.20. The highest BCUT2D eigenvalue weighted by molar-refractivity contribution is 6.32. The molecule has 2 N–H and O–H groups in total. The van der Waals surface area contributed by atoms with Gasteiger partial charge in [0.25, 0.3) is 5.91 Å². The first kappa shape index (κ1) is 16.8. The van der Waals surface area contributed by atoms with E-state index in [-0.39, 0.29) is 22.7 Å². The second-order valence-electron chi connectivity index (χ2n) is 6.21. The number of benzene rings is 2. The minimum absolute atomic E-state index is 0.0198. The Bertz CT molecular complexity index is 748. The van der Waals surface area contributed by atoms with Crippen molar-refractivity contribution in [1.82, 2.24) is 10.2 Å². The lowest BCUT2D eigenvalue weighted by Gasteiger charge is -2.33. The molecule has 1 amide bonds. The zero-order valence-corrected chi connectivity index (χ0v) is 14.4. The second-order valence-corrected chi connectivity index (χ2v) is 6.62. The predicted molar refractivity (Wildman–Crippen MR) is 95.5 cm³/mol. The van der Waals surface area contributed by atoms with Crippen molar-refractivity contribution < 1.29 is 9.90 Å². The third kappa shape index (κ3) is 3.71. The lowest BCUT2D eigenvalue weighted by molar-refractivity contribution is 0.0932. The fourth-order valence-electron chi connectivity index (χ4n) is 3.01. The number of carbonyl (C=O) groups is 1. The third-order valence-corrected chi connectivity index (χ3v) is 4.85. The van der Waals surface area contributed by atoms with Crippen LogP contribution in [0, 0.1) is 0 Å². The molecule has 1 aliphatic rings. The van der Waals surface area contributed by atoms with Gasteiger partial charge >= 0.3 is 0 Å². The van der Waals surface area contributed by atoms with Gasteiger partial charge in [0.15, 0.2) is 0 Å². The van der Waals surface area contributed by atoms with Crippen molar-refractivity contribution in [2.75, 3.05) is 13.1 Å². The Labute approximate surface area is 147 Å². The van der Waals surface area contributed by atoms with E-state index in [1.807, 2.05) is 0 Å². The molecule has 1 atom stereocenters. The highest BCUT2D eigenvalue weighted by atomic mass is 35.5. The maximum Gasteiger partial charge on any atom is 0.251 e. The number of hydrogen-bond donors (Lipinski definition) is 2. The van der Waals surface area contributed by atoms with Crippen LogP contribution >= 0.6 is 11.6 Å². The van der Waals surface area contributed by atoms with E-state index in [4.69, 9.17) is 11.6 Å². The number of nitrogens with zero attached hydrogens (tertiary/aromatic N) is 1. The van der Waals surface area contributed by atoms with Gasteiger partial charge in [0.1, 0.15) is 5.75 Å².